The van der Waals surface area contributed by atoms with Gasteiger partial charge in [-0.3, -0.25) is 4.79 Å². The van der Waals surface area contributed by atoms with Gasteiger partial charge < -0.3 is 10.4 Å². The smallest absolute Gasteiger partial charge is 0.382 e. The van der Waals surface area contributed by atoms with Gasteiger partial charge in [-0.2, -0.15) is 17.6 Å². The molecule has 0 radical (unpaired) electrons. The summed E-state index contributed by atoms with van der Waals surface area (Å²) in [7, 11) is 0. The summed E-state index contributed by atoms with van der Waals surface area (Å²) in [6.07, 6.45) is -6.43. The van der Waals surface area contributed by atoms with Gasteiger partial charge in [0, 0.05) is 6.20 Å². The Morgan fingerprint density at radius 3 is 2.71 bits per heavy atom. The predicted octanol–water partition coefficient (Wildman–Crippen LogP) is 0.874. The number of aliphatic hydroxyl groups excluding tert-OH is 1. The Balaban J connectivity index is 2.60. The van der Waals surface area contributed by atoms with Crippen molar-refractivity contribution >= 4 is 5.91 Å². The van der Waals surface area contributed by atoms with E-state index < -0.39 is 36.2 Å². The van der Waals surface area contributed by atoms with Crippen LogP contribution in [0, 0.1) is 5.95 Å². The highest BCUT2D eigenvalue weighted by molar-refractivity contribution is 5.94. The molecule has 2 N–H and O–H groups in total. The number of hydrogen-bond donors (Lipinski definition) is 2. The van der Waals surface area contributed by atoms with Crippen LogP contribution in [0.25, 0.3) is 0 Å². The van der Waals surface area contributed by atoms with Gasteiger partial charge in [0.2, 0.25) is 5.95 Å². The van der Waals surface area contributed by atoms with E-state index in [1.54, 1.807) is 5.32 Å². The second-order valence-electron chi connectivity index (χ2n) is 3.11. The van der Waals surface area contributed by atoms with Crippen molar-refractivity contribution in [2.75, 3.05) is 6.54 Å². The first-order chi connectivity index (χ1) is 7.82. The van der Waals surface area contributed by atoms with Gasteiger partial charge in [0.15, 0.2) is 6.10 Å². The third-order valence-electron chi connectivity index (χ3n) is 1.84. The van der Waals surface area contributed by atoms with Crippen LogP contribution in [0.4, 0.5) is 17.6 Å². The number of alkyl halides is 3. The Kier molecular flexibility index (Phi) is 4.00. The fraction of sp³-hybridized carbons (Fsp3) is 0.333. The van der Waals surface area contributed by atoms with Crippen LogP contribution in [0.2, 0.25) is 0 Å². The molecule has 0 spiro atoms. The number of aliphatic hydroxyl groups is 1. The molecule has 1 aromatic rings. The molecule has 0 saturated heterocycles. The largest absolute Gasteiger partial charge is 0.416 e. The van der Waals surface area contributed by atoms with Crippen LogP contribution in [-0.4, -0.2) is 34.8 Å². The fourth-order valence-corrected chi connectivity index (χ4v) is 0.956. The van der Waals surface area contributed by atoms with Crippen molar-refractivity contribution in [2.45, 2.75) is 12.3 Å². The number of aromatic nitrogens is 1. The SMILES string of the molecule is O=C(NCC(O)C(F)(F)F)c1cccnc1F. The third kappa shape index (κ3) is 3.66. The molecule has 1 aromatic heterocycles. The first-order valence-electron chi connectivity index (χ1n) is 4.46. The van der Waals surface area contributed by atoms with E-state index in [-0.39, 0.29) is 0 Å². The third-order valence-corrected chi connectivity index (χ3v) is 1.84. The lowest BCUT2D eigenvalue weighted by atomic mass is 10.2. The maximum atomic E-state index is 12.9. The zero-order chi connectivity index (χ0) is 13.1. The zero-order valence-electron chi connectivity index (χ0n) is 8.33. The quantitative estimate of drug-likeness (QED) is 0.620. The second-order valence-corrected chi connectivity index (χ2v) is 3.11. The lowest BCUT2D eigenvalue weighted by molar-refractivity contribution is -0.201. The Morgan fingerprint density at radius 1 is 1.53 bits per heavy atom. The number of pyridine rings is 1. The first-order valence-corrected chi connectivity index (χ1v) is 4.46. The van der Waals surface area contributed by atoms with Gasteiger partial charge in [-0.25, -0.2) is 4.98 Å². The minimum Gasteiger partial charge on any atom is -0.382 e. The lowest BCUT2D eigenvalue weighted by Crippen LogP contribution is -2.40. The van der Waals surface area contributed by atoms with E-state index in [1.807, 2.05) is 0 Å². The molecule has 94 valence electrons. The molecule has 1 rings (SSSR count). The molecule has 0 bridgehead atoms. The van der Waals surface area contributed by atoms with Crippen molar-refractivity contribution < 1.29 is 27.5 Å². The van der Waals surface area contributed by atoms with Crippen LogP contribution < -0.4 is 5.32 Å². The van der Waals surface area contributed by atoms with Crippen molar-refractivity contribution in [3.8, 4) is 0 Å². The van der Waals surface area contributed by atoms with Gasteiger partial charge in [-0.1, -0.05) is 0 Å². The highest BCUT2D eigenvalue weighted by Crippen LogP contribution is 2.19. The number of nitrogens with one attached hydrogen (secondary N) is 1. The van der Waals surface area contributed by atoms with E-state index in [0.717, 1.165) is 12.3 Å². The molecule has 0 aliphatic carbocycles. The molecule has 0 fully saturated rings. The number of nitrogens with zero attached hydrogens (tertiary/aromatic N) is 1. The van der Waals surface area contributed by atoms with Gasteiger partial charge >= 0.3 is 6.18 Å². The highest BCUT2D eigenvalue weighted by Gasteiger charge is 2.38. The number of halogens is 4. The van der Waals surface area contributed by atoms with Gasteiger partial charge in [0.1, 0.15) is 0 Å². The van der Waals surface area contributed by atoms with Crippen molar-refractivity contribution in [1.82, 2.24) is 10.3 Å². The molecular formula is C9H8F4N2O2. The number of rotatable bonds is 3. The first kappa shape index (κ1) is 13.4. The summed E-state index contributed by atoms with van der Waals surface area (Å²) in [5.41, 5.74) is -0.484. The van der Waals surface area contributed by atoms with Crippen LogP contribution in [0.5, 0.6) is 0 Å². The lowest BCUT2D eigenvalue weighted by Gasteiger charge is -2.14. The van der Waals surface area contributed by atoms with Gasteiger partial charge in [0.05, 0.1) is 12.1 Å². The second kappa shape index (κ2) is 5.09. The van der Waals surface area contributed by atoms with Crippen LogP contribution in [0.1, 0.15) is 10.4 Å². The maximum absolute atomic E-state index is 12.9. The Hall–Kier alpha value is -1.70. The molecule has 1 heterocycles. The van der Waals surface area contributed by atoms with E-state index in [4.69, 9.17) is 5.11 Å². The Bertz CT molecular complexity index is 408. The maximum Gasteiger partial charge on any atom is 0.416 e. The molecule has 0 aliphatic rings. The molecule has 1 amide bonds. The molecule has 8 heteroatoms. The van der Waals surface area contributed by atoms with Crippen LogP contribution in [-0.2, 0) is 0 Å². The van der Waals surface area contributed by atoms with Gasteiger partial charge in [0.25, 0.3) is 5.91 Å². The van der Waals surface area contributed by atoms with Gasteiger partial charge in [-0.15, -0.1) is 0 Å². The predicted molar refractivity (Wildman–Crippen MR) is 48.6 cm³/mol. The summed E-state index contributed by atoms with van der Waals surface area (Å²) in [6, 6.07) is 2.33. The monoisotopic (exact) mass is 252 g/mol. The minimum absolute atomic E-state index is 0.484. The van der Waals surface area contributed by atoms with Crippen LogP contribution in [0.15, 0.2) is 18.3 Å². The highest BCUT2D eigenvalue weighted by atomic mass is 19.4. The number of amides is 1. The van der Waals surface area contributed by atoms with Crippen molar-refractivity contribution in [3.05, 3.63) is 29.8 Å². The van der Waals surface area contributed by atoms with Crippen LogP contribution in [0.3, 0.4) is 0 Å². The fourth-order valence-electron chi connectivity index (χ4n) is 0.956. The van der Waals surface area contributed by atoms with Crippen molar-refractivity contribution in [2.24, 2.45) is 0 Å². The summed E-state index contributed by atoms with van der Waals surface area (Å²) < 4.78 is 48.6. The van der Waals surface area contributed by atoms with E-state index in [1.165, 1.54) is 6.07 Å². The molecule has 0 saturated carbocycles. The average molecular weight is 252 g/mol. The summed E-state index contributed by atoms with van der Waals surface area (Å²) in [6.45, 7) is -1.04. The normalized spacial score (nSPS) is 13.2. The molecular weight excluding hydrogens is 244 g/mol. The number of carbonyl (C=O) groups excluding carboxylic acids is 1. The van der Waals surface area contributed by atoms with Gasteiger partial charge in [-0.05, 0) is 12.1 Å². The Morgan fingerprint density at radius 2 is 2.18 bits per heavy atom. The standard InChI is InChI=1S/C9H8F4N2O2/c10-7-5(2-1-3-14-7)8(17)15-4-6(16)9(11,12)13/h1-3,6,16H,4H2,(H,15,17). The summed E-state index contributed by atoms with van der Waals surface area (Å²) in [5.74, 6) is -2.16. The summed E-state index contributed by atoms with van der Waals surface area (Å²) in [4.78, 5) is 14.4. The number of carbonyl (C=O) groups is 1. The Labute approximate surface area is 93.3 Å². The van der Waals surface area contributed by atoms with E-state index in [2.05, 4.69) is 4.98 Å². The van der Waals surface area contributed by atoms with E-state index in [9.17, 15) is 22.4 Å². The topological polar surface area (TPSA) is 62.2 Å². The molecule has 1 atom stereocenters. The number of hydrogen-bond acceptors (Lipinski definition) is 3. The van der Waals surface area contributed by atoms with Crippen molar-refractivity contribution in [1.29, 1.82) is 0 Å². The molecule has 1 unspecified atom stereocenters. The molecule has 4 nitrogen and oxygen atoms in total. The van der Waals surface area contributed by atoms with E-state index in [0.29, 0.717) is 0 Å². The van der Waals surface area contributed by atoms with Crippen molar-refractivity contribution in [3.63, 3.8) is 0 Å². The average Bonchev–Trinajstić information content (AvgIpc) is 2.24. The van der Waals surface area contributed by atoms with E-state index >= 15 is 0 Å². The zero-order valence-corrected chi connectivity index (χ0v) is 8.33. The van der Waals surface area contributed by atoms with Crippen LogP contribution >= 0.6 is 0 Å². The summed E-state index contributed by atoms with van der Waals surface area (Å²) >= 11 is 0. The summed E-state index contributed by atoms with van der Waals surface area (Å²) in [5, 5.41) is 10.4. The molecule has 17 heavy (non-hydrogen) atoms. The molecule has 0 aromatic carbocycles. The minimum atomic E-state index is -4.83. The molecule has 0 aliphatic heterocycles.